The van der Waals surface area contributed by atoms with E-state index in [9.17, 15) is 4.79 Å². The fourth-order valence-electron chi connectivity index (χ4n) is 2.97. The molecule has 0 bridgehead atoms. The molecule has 2 fully saturated rings. The van der Waals surface area contributed by atoms with Crippen LogP contribution in [-0.2, 0) is 11.3 Å². The molecule has 3 rings (SSSR count). The Hall–Kier alpha value is -0.870. The highest BCUT2D eigenvalue weighted by molar-refractivity contribution is 9.10. The maximum atomic E-state index is 11.5. The van der Waals surface area contributed by atoms with E-state index in [0.29, 0.717) is 11.0 Å². The van der Waals surface area contributed by atoms with E-state index in [4.69, 9.17) is 4.74 Å². The van der Waals surface area contributed by atoms with Crippen molar-refractivity contribution in [2.24, 2.45) is 11.3 Å². The van der Waals surface area contributed by atoms with Gasteiger partial charge in [-0.15, -0.1) is 0 Å². The number of methoxy groups -OCH3 is 1. The Morgan fingerprint density at radius 1 is 1.45 bits per heavy atom. The molecule has 2 aliphatic carbocycles. The number of hydrogen-bond acceptors (Lipinski definition) is 3. The second-order valence-corrected chi connectivity index (χ2v) is 6.89. The summed E-state index contributed by atoms with van der Waals surface area (Å²) >= 11 is 3.53. The highest BCUT2D eigenvalue weighted by Crippen LogP contribution is 2.60. The first-order valence-corrected chi connectivity index (χ1v) is 8.01. The molecule has 108 valence electrons. The number of ether oxygens (including phenoxy) is 1. The Labute approximate surface area is 128 Å². The number of benzene rings is 1. The normalized spacial score (nSPS) is 19.7. The van der Waals surface area contributed by atoms with Crippen molar-refractivity contribution in [1.29, 1.82) is 0 Å². The van der Waals surface area contributed by atoms with E-state index >= 15 is 0 Å². The summed E-state index contributed by atoms with van der Waals surface area (Å²) in [6.07, 6.45) is 5.65. The molecule has 0 saturated heterocycles. The first-order chi connectivity index (χ1) is 9.64. The summed E-state index contributed by atoms with van der Waals surface area (Å²) in [6, 6.07) is 5.64. The monoisotopic (exact) mass is 337 g/mol. The quantitative estimate of drug-likeness (QED) is 0.807. The number of rotatable bonds is 6. The number of halogens is 1. The maximum Gasteiger partial charge on any atom is 0.337 e. The zero-order chi connectivity index (χ0) is 14.2. The molecule has 0 unspecified atom stereocenters. The zero-order valence-corrected chi connectivity index (χ0v) is 13.3. The van der Waals surface area contributed by atoms with Gasteiger partial charge in [-0.25, -0.2) is 4.79 Å². The molecule has 0 atom stereocenters. The third-order valence-electron chi connectivity index (χ3n) is 4.60. The average molecular weight is 338 g/mol. The van der Waals surface area contributed by atoms with Crippen molar-refractivity contribution < 1.29 is 9.53 Å². The van der Waals surface area contributed by atoms with Gasteiger partial charge >= 0.3 is 5.97 Å². The first kappa shape index (κ1) is 14.1. The molecular formula is C16H20BrNO2. The van der Waals surface area contributed by atoms with Crippen LogP contribution in [-0.4, -0.2) is 19.6 Å². The Morgan fingerprint density at radius 3 is 2.75 bits per heavy atom. The predicted molar refractivity (Wildman–Crippen MR) is 81.6 cm³/mol. The third kappa shape index (κ3) is 2.91. The Bertz CT molecular complexity index is 521. The minimum atomic E-state index is -0.295. The summed E-state index contributed by atoms with van der Waals surface area (Å²) in [4.78, 5) is 11.5. The average Bonchev–Trinajstić information content (AvgIpc) is 3.31. The van der Waals surface area contributed by atoms with Crippen LogP contribution in [0.15, 0.2) is 22.7 Å². The van der Waals surface area contributed by atoms with Crippen molar-refractivity contribution in [1.82, 2.24) is 5.32 Å². The number of carbonyl (C=O) groups is 1. The van der Waals surface area contributed by atoms with Crippen LogP contribution < -0.4 is 5.32 Å². The van der Waals surface area contributed by atoms with E-state index in [1.807, 2.05) is 18.2 Å². The molecule has 0 spiro atoms. The third-order valence-corrected chi connectivity index (χ3v) is 5.34. The highest BCUT2D eigenvalue weighted by atomic mass is 79.9. The number of esters is 1. The van der Waals surface area contributed by atoms with Crippen molar-refractivity contribution in [3.8, 4) is 0 Å². The number of hydrogen-bond donors (Lipinski definition) is 1. The standard InChI is InChI=1S/C16H20BrNO2/c1-20-15(19)11-2-3-12(14(17)8-11)9-18-10-16(6-7-16)13-4-5-13/h2-3,8,13,18H,4-7,9-10H2,1H3. The van der Waals surface area contributed by atoms with E-state index in [1.165, 1.54) is 38.4 Å². The molecule has 0 radical (unpaired) electrons. The van der Waals surface area contributed by atoms with E-state index in [-0.39, 0.29) is 5.97 Å². The van der Waals surface area contributed by atoms with Gasteiger partial charge in [-0.2, -0.15) is 0 Å². The van der Waals surface area contributed by atoms with E-state index in [1.54, 1.807) is 0 Å². The Balaban J connectivity index is 1.56. The summed E-state index contributed by atoms with van der Waals surface area (Å²) in [7, 11) is 1.40. The lowest BCUT2D eigenvalue weighted by Gasteiger charge is -2.15. The SMILES string of the molecule is COC(=O)c1ccc(CNCC2(C3CC3)CC2)c(Br)c1. The largest absolute Gasteiger partial charge is 0.465 e. The molecule has 2 aliphatic rings. The molecule has 0 aliphatic heterocycles. The maximum absolute atomic E-state index is 11.5. The van der Waals surface area contributed by atoms with Crippen LogP contribution >= 0.6 is 15.9 Å². The second-order valence-electron chi connectivity index (χ2n) is 6.04. The van der Waals surface area contributed by atoms with Crippen molar-refractivity contribution in [3.05, 3.63) is 33.8 Å². The van der Waals surface area contributed by atoms with Gasteiger partial charge in [-0.05, 0) is 54.7 Å². The van der Waals surface area contributed by atoms with Crippen LogP contribution in [0.1, 0.15) is 41.6 Å². The van der Waals surface area contributed by atoms with E-state index in [2.05, 4.69) is 21.2 Å². The molecule has 0 heterocycles. The van der Waals surface area contributed by atoms with Gasteiger partial charge in [-0.1, -0.05) is 22.0 Å². The van der Waals surface area contributed by atoms with Gasteiger partial charge in [0.05, 0.1) is 12.7 Å². The Morgan fingerprint density at radius 2 is 2.20 bits per heavy atom. The minimum absolute atomic E-state index is 0.295. The topological polar surface area (TPSA) is 38.3 Å². The highest BCUT2D eigenvalue weighted by Gasteiger charge is 2.53. The van der Waals surface area contributed by atoms with Crippen LogP contribution in [0.4, 0.5) is 0 Å². The molecule has 4 heteroatoms. The van der Waals surface area contributed by atoms with Crippen molar-refractivity contribution in [3.63, 3.8) is 0 Å². The fourth-order valence-corrected chi connectivity index (χ4v) is 3.49. The molecule has 1 aromatic rings. The van der Waals surface area contributed by atoms with Crippen molar-refractivity contribution >= 4 is 21.9 Å². The van der Waals surface area contributed by atoms with Crippen LogP contribution in [0.2, 0.25) is 0 Å². The van der Waals surface area contributed by atoms with Crippen molar-refractivity contribution in [2.75, 3.05) is 13.7 Å². The molecular weight excluding hydrogens is 318 g/mol. The summed E-state index contributed by atoms with van der Waals surface area (Å²) < 4.78 is 5.69. The lowest BCUT2D eigenvalue weighted by atomic mass is 10.0. The molecule has 0 amide bonds. The van der Waals surface area contributed by atoms with E-state index < -0.39 is 0 Å². The number of nitrogens with one attached hydrogen (secondary N) is 1. The molecule has 1 N–H and O–H groups in total. The van der Waals surface area contributed by atoms with Crippen LogP contribution in [0.3, 0.4) is 0 Å². The second kappa shape index (κ2) is 5.49. The minimum Gasteiger partial charge on any atom is -0.465 e. The fraction of sp³-hybridized carbons (Fsp3) is 0.562. The lowest BCUT2D eigenvalue weighted by molar-refractivity contribution is 0.0600. The van der Waals surface area contributed by atoms with Gasteiger partial charge in [0.2, 0.25) is 0 Å². The molecule has 0 aromatic heterocycles. The van der Waals surface area contributed by atoms with Gasteiger partial charge in [0.1, 0.15) is 0 Å². The smallest absolute Gasteiger partial charge is 0.337 e. The first-order valence-electron chi connectivity index (χ1n) is 7.22. The zero-order valence-electron chi connectivity index (χ0n) is 11.7. The summed E-state index contributed by atoms with van der Waals surface area (Å²) in [5.41, 5.74) is 2.39. The molecule has 20 heavy (non-hydrogen) atoms. The molecule has 1 aromatic carbocycles. The molecule has 2 saturated carbocycles. The summed E-state index contributed by atoms with van der Waals surface area (Å²) in [5, 5.41) is 3.58. The van der Waals surface area contributed by atoms with E-state index in [0.717, 1.165) is 23.5 Å². The van der Waals surface area contributed by atoms with Crippen LogP contribution in [0.5, 0.6) is 0 Å². The summed E-state index contributed by atoms with van der Waals surface area (Å²) in [5.74, 6) is 0.691. The van der Waals surface area contributed by atoms with Crippen molar-refractivity contribution in [2.45, 2.75) is 32.2 Å². The summed E-state index contributed by atoms with van der Waals surface area (Å²) in [6.45, 7) is 1.97. The van der Waals surface area contributed by atoms with Crippen LogP contribution in [0, 0.1) is 11.3 Å². The van der Waals surface area contributed by atoms with Gasteiger partial charge in [-0.3, -0.25) is 0 Å². The van der Waals surface area contributed by atoms with Gasteiger partial charge in [0.15, 0.2) is 0 Å². The van der Waals surface area contributed by atoms with Gasteiger partial charge in [0.25, 0.3) is 0 Å². The van der Waals surface area contributed by atoms with Crippen LogP contribution in [0.25, 0.3) is 0 Å². The predicted octanol–water partition coefficient (Wildman–Crippen LogP) is 3.52. The van der Waals surface area contributed by atoms with Gasteiger partial charge < -0.3 is 10.1 Å². The van der Waals surface area contributed by atoms with Gasteiger partial charge in [0, 0.05) is 17.6 Å². The number of carbonyl (C=O) groups excluding carboxylic acids is 1. The molecule has 3 nitrogen and oxygen atoms in total. The Kier molecular flexibility index (Phi) is 3.87. The lowest BCUT2D eigenvalue weighted by Crippen LogP contribution is -2.25.